The largest absolute Gasteiger partial charge is 0.323 e. The van der Waals surface area contributed by atoms with Gasteiger partial charge >= 0.3 is 6.03 Å². The number of carbonyl (C=O) groups is 1. The molecule has 0 spiro atoms. The van der Waals surface area contributed by atoms with Crippen LogP contribution in [0, 0.1) is 0 Å². The number of nitrogens with zero attached hydrogens (tertiary/aromatic N) is 1. The van der Waals surface area contributed by atoms with E-state index in [4.69, 9.17) is 28.3 Å². The highest BCUT2D eigenvalue weighted by Gasteiger charge is 2.30. The Bertz CT molecular complexity index is 631. The van der Waals surface area contributed by atoms with E-state index in [-0.39, 0.29) is 6.54 Å². The highest BCUT2D eigenvalue weighted by atomic mass is 35.5. The van der Waals surface area contributed by atoms with Crippen LogP contribution in [0.5, 0.6) is 0 Å². The number of hydrogen-bond acceptors (Lipinski definition) is 3. The summed E-state index contributed by atoms with van der Waals surface area (Å²) in [6.45, 7) is 0.561. The second-order valence-corrected chi connectivity index (χ2v) is 7.61. The zero-order chi connectivity index (χ0) is 15.6. The molecule has 1 saturated heterocycles. The molecule has 1 aliphatic rings. The molecule has 0 radical (unpaired) electrons. The third kappa shape index (κ3) is 4.47. The number of likely N-dealkylation sites (tertiary alicyclic amines) is 1. The minimum Gasteiger partial charge on any atom is -0.323 e. The number of nitrogens with one attached hydrogen (secondary N) is 1. The van der Waals surface area contributed by atoms with Gasteiger partial charge < -0.3 is 10.2 Å². The molecule has 6 nitrogen and oxygen atoms in total. The molecule has 1 heterocycles. The standard InChI is InChI=1S/C12H15Cl2N3O3S/c13-8-4-9(14)6-10(5-8)16-12(18)17-3-1-2-11(7-17)21(15,19)20/h4-6,11H,1-3,7H2,(H,16,18)(H2,15,19,20). The second kappa shape index (κ2) is 6.39. The molecule has 0 bridgehead atoms. The highest BCUT2D eigenvalue weighted by Crippen LogP contribution is 2.23. The highest BCUT2D eigenvalue weighted by molar-refractivity contribution is 7.89. The van der Waals surface area contributed by atoms with Gasteiger partial charge in [0.1, 0.15) is 0 Å². The van der Waals surface area contributed by atoms with Gasteiger partial charge in [0.15, 0.2) is 0 Å². The van der Waals surface area contributed by atoms with Gasteiger partial charge in [0.05, 0.1) is 5.25 Å². The quantitative estimate of drug-likeness (QED) is 0.855. The molecule has 1 fully saturated rings. The Morgan fingerprint density at radius 2 is 1.90 bits per heavy atom. The molecule has 2 rings (SSSR count). The van der Waals surface area contributed by atoms with Gasteiger partial charge in [-0.2, -0.15) is 0 Å². The molecule has 0 aromatic heterocycles. The van der Waals surface area contributed by atoms with Crippen molar-refractivity contribution in [3.05, 3.63) is 28.2 Å². The van der Waals surface area contributed by atoms with E-state index in [2.05, 4.69) is 5.32 Å². The first-order valence-corrected chi connectivity index (χ1v) is 8.66. The van der Waals surface area contributed by atoms with Crippen molar-refractivity contribution in [1.29, 1.82) is 0 Å². The van der Waals surface area contributed by atoms with Crippen molar-refractivity contribution in [2.45, 2.75) is 18.1 Å². The van der Waals surface area contributed by atoms with E-state index in [0.29, 0.717) is 35.1 Å². The van der Waals surface area contributed by atoms with Crippen molar-refractivity contribution in [2.75, 3.05) is 18.4 Å². The zero-order valence-electron chi connectivity index (χ0n) is 11.1. The number of amides is 2. The van der Waals surface area contributed by atoms with Crippen LogP contribution in [0.2, 0.25) is 10.0 Å². The lowest BCUT2D eigenvalue weighted by molar-refractivity contribution is 0.200. The van der Waals surface area contributed by atoms with E-state index in [1.165, 1.54) is 4.90 Å². The smallest absolute Gasteiger partial charge is 0.321 e. The maximum absolute atomic E-state index is 12.2. The van der Waals surface area contributed by atoms with E-state index >= 15 is 0 Å². The maximum atomic E-state index is 12.2. The fourth-order valence-corrected chi connectivity index (χ4v) is 3.63. The summed E-state index contributed by atoms with van der Waals surface area (Å²) < 4.78 is 22.8. The SMILES string of the molecule is NS(=O)(=O)C1CCCN(C(=O)Nc2cc(Cl)cc(Cl)c2)C1. The topological polar surface area (TPSA) is 92.5 Å². The zero-order valence-corrected chi connectivity index (χ0v) is 13.4. The third-order valence-electron chi connectivity index (χ3n) is 3.24. The number of urea groups is 1. The van der Waals surface area contributed by atoms with Gasteiger partial charge in [0, 0.05) is 28.8 Å². The van der Waals surface area contributed by atoms with Crippen molar-refractivity contribution in [3.63, 3.8) is 0 Å². The van der Waals surface area contributed by atoms with Crippen molar-refractivity contribution >= 4 is 44.9 Å². The van der Waals surface area contributed by atoms with Crippen LogP contribution in [0.1, 0.15) is 12.8 Å². The Balaban J connectivity index is 2.06. The summed E-state index contributed by atoms with van der Waals surface area (Å²) in [7, 11) is -3.64. The number of carbonyl (C=O) groups excluding carboxylic acids is 1. The Morgan fingerprint density at radius 1 is 1.29 bits per heavy atom. The summed E-state index contributed by atoms with van der Waals surface area (Å²) in [5, 5.41) is 7.87. The summed E-state index contributed by atoms with van der Waals surface area (Å²) in [4.78, 5) is 13.6. The first kappa shape index (κ1) is 16.4. The van der Waals surface area contributed by atoms with E-state index in [1.54, 1.807) is 18.2 Å². The number of nitrogens with two attached hydrogens (primary N) is 1. The first-order valence-electron chi connectivity index (χ1n) is 6.29. The number of primary sulfonamides is 1. The first-order chi connectivity index (χ1) is 9.75. The van der Waals surface area contributed by atoms with Crippen molar-refractivity contribution in [3.8, 4) is 0 Å². The van der Waals surface area contributed by atoms with E-state index in [9.17, 15) is 13.2 Å². The molecular weight excluding hydrogens is 337 g/mol. The lowest BCUT2D eigenvalue weighted by Crippen LogP contribution is -2.48. The molecule has 1 atom stereocenters. The summed E-state index contributed by atoms with van der Waals surface area (Å²) in [6.07, 6.45) is 1.05. The summed E-state index contributed by atoms with van der Waals surface area (Å²) >= 11 is 11.7. The number of halogens is 2. The molecule has 3 N–H and O–H groups in total. The fourth-order valence-electron chi connectivity index (χ4n) is 2.22. The van der Waals surface area contributed by atoms with Crippen LogP contribution in [-0.2, 0) is 10.0 Å². The number of anilines is 1. The van der Waals surface area contributed by atoms with E-state index in [0.717, 1.165) is 0 Å². The predicted molar refractivity (Wildman–Crippen MR) is 83.2 cm³/mol. The van der Waals surface area contributed by atoms with Gasteiger partial charge in [0.2, 0.25) is 10.0 Å². The van der Waals surface area contributed by atoms with Crippen LogP contribution in [0.15, 0.2) is 18.2 Å². The maximum Gasteiger partial charge on any atom is 0.321 e. The van der Waals surface area contributed by atoms with Crippen LogP contribution in [-0.4, -0.2) is 37.7 Å². The predicted octanol–water partition coefficient (Wildman–Crippen LogP) is 2.28. The van der Waals surface area contributed by atoms with Crippen molar-refractivity contribution < 1.29 is 13.2 Å². The minimum absolute atomic E-state index is 0.0823. The van der Waals surface area contributed by atoms with Gasteiger partial charge in [-0.25, -0.2) is 18.4 Å². The normalized spacial score (nSPS) is 19.4. The molecule has 1 aromatic rings. The van der Waals surface area contributed by atoms with Crippen LogP contribution in [0.3, 0.4) is 0 Å². The van der Waals surface area contributed by atoms with Crippen LogP contribution < -0.4 is 10.5 Å². The van der Waals surface area contributed by atoms with Gasteiger partial charge in [0.25, 0.3) is 0 Å². The van der Waals surface area contributed by atoms with Crippen LogP contribution in [0.25, 0.3) is 0 Å². The van der Waals surface area contributed by atoms with E-state index < -0.39 is 21.3 Å². The van der Waals surface area contributed by atoms with Gasteiger partial charge in [-0.1, -0.05) is 23.2 Å². The lowest BCUT2D eigenvalue weighted by Gasteiger charge is -2.31. The monoisotopic (exact) mass is 351 g/mol. The van der Waals surface area contributed by atoms with Gasteiger partial charge in [-0.3, -0.25) is 0 Å². The summed E-state index contributed by atoms with van der Waals surface area (Å²) in [6, 6.07) is 4.27. The molecule has 1 aliphatic heterocycles. The molecule has 2 amide bonds. The van der Waals surface area contributed by atoms with Crippen molar-refractivity contribution in [2.24, 2.45) is 5.14 Å². The Kier molecular flexibility index (Phi) is 4.98. The van der Waals surface area contributed by atoms with Gasteiger partial charge in [-0.05, 0) is 31.0 Å². The molecule has 0 aliphatic carbocycles. The Hall–Kier alpha value is -1.02. The molecule has 9 heteroatoms. The molecular formula is C12H15Cl2N3O3S. The molecule has 116 valence electrons. The number of benzene rings is 1. The molecule has 21 heavy (non-hydrogen) atoms. The molecule has 1 aromatic carbocycles. The number of rotatable bonds is 2. The molecule has 0 saturated carbocycles. The lowest BCUT2D eigenvalue weighted by atomic mass is 10.1. The van der Waals surface area contributed by atoms with Crippen LogP contribution >= 0.6 is 23.2 Å². The number of hydrogen-bond donors (Lipinski definition) is 2. The Morgan fingerprint density at radius 3 is 2.48 bits per heavy atom. The Labute approximate surface area is 133 Å². The van der Waals surface area contributed by atoms with Crippen molar-refractivity contribution in [1.82, 2.24) is 4.90 Å². The average Bonchev–Trinajstić information content (AvgIpc) is 2.36. The second-order valence-electron chi connectivity index (χ2n) is 4.89. The molecule has 1 unspecified atom stereocenters. The minimum atomic E-state index is -3.64. The average molecular weight is 352 g/mol. The number of sulfonamides is 1. The van der Waals surface area contributed by atoms with Gasteiger partial charge in [-0.15, -0.1) is 0 Å². The van der Waals surface area contributed by atoms with Crippen LogP contribution in [0.4, 0.5) is 10.5 Å². The number of piperidine rings is 1. The summed E-state index contributed by atoms with van der Waals surface area (Å²) in [5.41, 5.74) is 0.454. The third-order valence-corrected chi connectivity index (χ3v) is 4.99. The fraction of sp³-hybridized carbons (Fsp3) is 0.417. The van der Waals surface area contributed by atoms with E-state index in [1.807, 2.05) is 0 Å². The summed E-state index contributed by atoms with van der Waals surface area (Å²) in [5.74, 6) is 0.